The number of aromatic nitrogens is 2. The molecular weight excluding hydrogens is 190 g/mol. The van der Waals surface area contributed by atoms with E-state index in [1.165, 1.54) is 11.3 Å². The van der Waals surface area contributed by atoms with Gasteiger partial charge in [-0.2, -0.15) is 5.10 Å². The van der Waals surface area contributed by atoms with Crippen molar-refractivity contribution in [1.29, 1.82) is 0 Å². The Hall–Kier alpha value is -0.870. The zero-order valence-corrected chi connectivity index (χ0v) is 9.99. The summed E-state index contributed by atoms with van der Waals surface area (Å²) in [5, 5.41) is 16.5. The van der Waals surface area contributed by atoms with Gasteiger partial charge >= 0.3 is 0 Å². The quantitative estimate of drug-likeness (QED) is 0.764. The van der Waals surface area contributed by atoms with Crippen molar-refractivity contribution in [2.24, 2.45) is 13.0 Å². The summed E-state index contributed by atoms with van der Waals surface area (Å²) in [4.78, 5) is 0. The van der Waals surface area contributed by atoms with E-state index in [2.05, 4.69) is 24.3 Å². The van der Waals surface area contributed by atoms with Crippen LogP contribution in [0.5, 0.6) is 0 Å². The molecule has 0 aliphatic heterocycles. The van der Waals surface area contributed by atoms with Crippen LogP contribution in [0.4, 0.5) is 0 Å². The van der Waals surface area contributed by atoms with Crippen LogP contribution in [0, 0.1) is 12.8 Å². The standard InChI is InChI=1S/C11H21N3O/c1-8(7-15)5-12-9(2)11-6-13-14(4)10(11)3/h6,8-9,12,15H,5,7H2,1-4H3. The molecule has 86 valence electrons. The van der Waals surface area contributed by atoms with Crippen LogP contribution in [0.3, 0.4) is 0 Å². The lowest BCUT2D eigenvalue weighted by atomic mass is 10.1. The van der Waals surface area contributed by atoms with Gasteiger partial charge in [0.15, 0.2) is 0 Å². The molecule has 0 saturated carbocycles. The Morgan fingerprint density at radius 1 is 1.53 bits per heavy atom. The van der Waals surface area contributed by atoms with Crippen molar-refractivity contribution in [1.82, 2.24) is 15.1 Å². The van der Waals surface area contributed by atoms with E-state index in [0.717, 1.165) is 6.54 Å². The molecule has 1 heterocycles. The topological polar surface area (TPSA) is 50.1 Å². The highest BCUT2D eigenvalue weighted by Gasteiger charge is 2.12. The Morgan fingerprint density at radius 2 is 2.20 bits per heavy atom. The number of aliphatic hydroxyl groups excluding tert-OH is 1. The molecule has 15 heavy (non-hydrogen) atoms. The third kappa shape index (κ3) is 3.04. The summed E-state index contributed by atoms with van der Waals surface area (Å²) < 4.78 is 1.88. The highest BCUT2D eigenvalue weighted by Crippen LogP contribution is 2.15. The third-order valence-electron chi connectivity index (χ3n) is 2.82. The van der Waals surface area contributed by atoms with Crippen molar-refractivity contribution in [3.05, 3.63) is 17.5 Å². The van der Waals surface area contributed by atoms with Gasteiger partial charge in [-0.15, -0.1) is 0 Å². The summed E-state index contributed by atoms with van der Waals surface area (Å²) in [6.07, 6.45) is 1.90. The first-order chi connectivity index (χ1) is 7.06. The second-order valence-corrected chi connectivity index (χ2v) is 4.23. The molecule has 2 unspecified atom stereocenters. The van der Waals surface area contributed by atoms with Gasteiger partial charge in [-0.1, -0.05) is 6.92 Å². The number of aryl methyl sites for hydroxylation is 1. The van der Waals surface area contributed by atoms with Gasteiger partial charge in [0.2, 0.25) is 0 Å². The lowest BCUT2D eigenvalue weighted by molar-refractivity contribution is 0.231. The first kappa shape index (κ1) is 12.2. The van der Waals surface area contributed by atoms with E-state index in [-0.39, 0.29) is 12.6 Å². The monoisotopic (exact) mass is 211 g/mol. The van der Waals surface area contributed by atoms with Gasteiger partial charge in [0.25, 0.3) is 0 Å². The number of nitrogens with zero attached hydrogens (tertiary/aromatic N) is 2. The number of hydrogen-bond donors (Lipinski definition) is 2. The van der Waals surface area contributed by atoms with Crippen LogP contribution in [0.25, 0.3) is 0 Å². The molecule has 1 rings (SSSR count). The van der Waals surface area contributed by atoms with Gasteiger partial charge in [0.1, 0.15) is 0 Å². The van der Waals surface area contributed by atoms with Gasteiger partial charge < -0.3 is 10.4 Å². The average Bonchev–Trinajstić information content (AvgIpc) is 2.56. The fraction of sp³-hybridized carbons (Fsp3) is 0.727. The van der Waals surface area contributed by atoms with Crippen LogP contribution in [0.15, 0.2) is 6.20 Å². The highest BCUT2D eigenvalue weighted by molar-refractivity contribution is 5.19. The molecule has 1 aromatic rings. The molecule has 0 aliphatic carbocycles. The van der Waals surface area contributed by atoms with Crippen LogP contribution in [-0.2, 0) is 7.05 Å². The molecule has 0 saturated heterocycles. The van der Waals surface area contributed by atoms with Crippen molar-refractivity contribution in [2.75, 3.05) is 13.2 Å². The molecule has 4 nitrogen and oxygen atoms in total. The average molecular weight is 211 g/mol. The van der Waals surface area contributed by atoms with Crippen LogP contribution >= 0.6 is 0 Å². The summed E-state index contributed by atoms with van der Waals surface area (Å²) in [7, 11) is 1.95. The lowest BCUT2D eigenvalue weighted by Gasteiger charge is -2.16. The van der Waals surface area contributed by atoms with Crippen molar-refractivity contribution in [2.45, 2.75) is 26.8 Å². The first-order valence-electron chi connectivity index (χ1n) is 5.39. The van der Waals surface area contributed by atoms with E-state index in [0.29, 0.717) is 5.92 Å². The molecule has 0 aliphatic rings. The minimum Gasteiger partial charge on any atom is -0.396 e. The van der Waals surface area contributed by atoms with Crippen LogP contribution in [0.2, 0.25) is 0 Å². The van der Waals surface area contributed by atoms with Gasteiger partial charge in [-0.25, -0.2) is 0 Å². The van der Waals surface area contributed by atoms with Gasteiger partial charge in [0.05, 0.1) is 6.20 Å². The van der Waals surface area contributed by atoms with Crippen LogP contribution < -0.4 is 5.32 Å². The van der Waals surface area contributed by atoms with Gasteiger partial charge in [-0.3, -0.25) is 4.68 Å². The van der Waals surface area contributed by atoms with E-state index >= 15 is 0 Å². The highest BCUT2D eigenvalue weighted by atomic mass is 16.3. The fourth-order valence-corrected chi connectivity index (χ4v) is 1.49. The van der Waals surface area contributed by atoms with Crippen LogP contribution in [0.1, 0.15) is 31.1 Å². The molecule has 2 N–H and O–H groups in total. The number of nitrogens with one attached hydrogen (secondary N) is 1. The lowest BCUT2D eigenvalue weighted by Crippen LogP contribution is -2.26. The molecule has 1 aromatic heterocycles. The molecule has 4 heteroatoms. The summed E-state index contributed by atoms with van der Waals surface area (Å²) in [5.74, 6) is 0.296. The summed E-state index contributed by atoms with van der Waals surface area (Å²) in [5.41, 5.74) is 2.41. The SMILES string of the molecule is Cc1c(C(C)NCC(C)CO)cnn1C. The van der Waals surface area contributed by atoms with Crippen LogP contribution in [-0.4, -0.2) is 28.0 Å². The summed E-state index contributed by atoms with van der Waals surface area (Å²) >= 11 is 0. The predicted molar refractivity (Wildman–Crippen MR) is 60.6 cm³/mol. The molecular formula is C11H21N3O. The van der Waals surface area contributed by atoms with E-state index in [4.69, 9.17) is 5.11 Å². The molecule has 0 spiro atoms. The van der Waals surface area contributed by atoms with E-state index in [1.807, 2.05) is 24.9 Å². The van der Waals surface area contributed by atoms with Gasteiger partial charge in [-0.05, 0) is 19.8 Å². The fourth-order valence-electron chi connectivity index (χ4n) is 1.49. The molecule has 0 fully saturated rings. The largest absolute Gasteiger partial charge is 0.396 e. The zero-order valence-electron chi connectivity index (χ0n) is 9.99. The normalized spacial score (nSPS) is 15.3. The zero-order chi connectivity index (χ0) is 11.4. The second-order valence-electron chi connectivity index (χ2n) is 4.23. The third-order valence-corrected chi connectivity index (χ3v) is 2.82. The predicted octanol–water partition coefficient (Wildman–Crippen LogP) is 1.01. The van der Waals surface area contributed by atoms with Crippen molar-refractivity contribution in [3.8, 4) is 0 Å². The Balaban J connectivity index is 2.54. The molecule has 0 radical (unpaired) electrons. The maximum atomic E-state index is 8.92. The first-order valence-corrected chi connectivity index (χ1v) is 5.39. The number of aliphatic hydroxyl groups is 1. The Labute approximate surface area is 91.3 Å². The number of hydrogen-bond acceptors (Lipinski definition) is 3. The van der Waals surface area contributed by atoms with E-state index < -0.39 is 0 Å². The molecule has 0 bridgehead atoms. The van der Waals surface area contributed by atoms with E-state index in [9.17, 15) is 0 Å². The Kier molecular flexibility index (Phi) is 4.29. The van der Waals surface area contributed by atoms with Crippen molar-refractivity contribution < 1.29 is 5.11 Å². The Bertz CT molecular complexity index is 309. The smallest absolute Gasteiger partial charge is 0.0540 e. The van der Waals surface area contributed by atoms with Crippen molar-refractivity contribution >= 4 is 0 Å². The maximum Gasteiger partial charge on any atom is 0.0540 e. The summed E-state index contributed by atoms with van der Waals surface area (Å²) in [6, 6.07) is 0.285. The second kappa shape index (κ2) is 5.28. The minimum absolute atomic E-state index is 0.228. The Morgan fingerprint density at radius 3 is 2.67 bits per heavy atom. The van der Waals surface area contributed by atoms with Crippen molar-refractivity contribution in [3.63, 3.8) is 0 Å². The molecule has 0 aromatic carbocycles. The minimum atomic E-state index is 0.228. The molecule has 2 atom stereocenters. The maximum absolute atomic E-state index is 8.92. The summed E-state index contributed by atoms with van der Waals surface area (Å²) in [6.45, 7) is 7.26. The van der Waals surface area contributed by atoms with Gasteiger partial charge in [0, 0.05) is 37.5 Å². The molecule has 0 amide bonds. The van der Waals surface area contributed by atoms with E-state index in [1.54, 1.807) is 0 Å². The number of rotatable bonds is 5.